The van der Waals surface area contributed by atoms with E-state index in [1.807, 2.05) is 24.3 Å². The van der Waals surface area contributed by atoms with Gasteiger partial charge in [0.15, 0.2) is 5.17 Å². The number of thiocarbonyl (C=S) groups is 2. The fourth-order valence-corrected chi connectivity index (χ4v) is 2.15. The number of nitrogens with two attached hydrogens (primary N) is 1. The summed E-state index contributed by atoms with van der Waals surface area (Å²) in [6, 6.07) is 7.52. The Morgan fingerprint density at radius 2 is 1.59 bits per heavy atom. The fourth-order valence-electron chi connectivity index (χ4n) is 1.08. The topological polar surface area (TPSA) is 73.9 Å². The van der Waals surface area contributed by atoms with E-state index in [0.717, 1.165) is 16.3 Å². The number of hydrogen-bond donors (Lipinski definition) is 6. The van der Waals surface area contributed by atoms with Crippen LogP contribution in [0.2, 0.25) is 5.02 Å². The molecule has 0 fully saturated rings. The van der Waals surface area contributed by atoms with Crippen molar-refractivity contribution in [1.29, 1.82) is 5.41 Å². The van der Waals surface area contributed by atoms with Gasteiger partial charge in [0.05, 0.1) is 0 Å². The van der Waals surface area contributed by atoms with Crippen LogP contribution in [0.4, 0.5) is 0 Å². The number of thioether (sulfide) groups is 1. The maximum atomic E-state index is 7.00. The van der Waals surface area contributed by atoms with Gasteiger partial charge in [-0.3, -0.25) is 5.41 Å². The quantitative estimate of drug-likeness (QED) is 0.147. The van der Waals surface area contributed by atoms with Gasteiger partial charge in [-0.25, -0.2) is 0 Å². The third-order valence-corrected chi connectivity index (χ3v) is 3.63. The largest absolute Gasteiger partial charge is 0.379 e. The lowest BCUT2D eigenvalue weighted by molar-refractivity contribution is 0.834. The van der Waals surface area contributed by atoms with E-state index in [1.54, 1.807) is 0 Å². The molecule has 0 spiro atoms. The van der Waals surface area contributed by atoms with E-state index in [4.69, 9.17) is 22.7 Å². The zero-order valence-electron chi connectivity index (χ0n) is 11.5. The average molecular weight is 413 g/mol. The van der Waals surface area contributed by atoms with Gasteiger partial charge in [0.1, 0.15) is 8.64 Å². The molecule has 0 aliphatic heterocycles. The second-order valence-corrected chi connectivity index (χ2v) is 7.51. The Hall–Kier alpha value is -0.190. The summed E-state index contributed by atoms with van der Waals surface area (Å²) in [5.74, 6) is 0.729. The molecule has 0 unspecified atom stereocenters. The molecule has 0 bridgehead atoms. The molecule has 0 heterocycles. The molecule has 1 aromatic rings. The molecule has 0 aliphatic carbocycles. The van der Waals surface area contributed by atoms with E-state index in [1.165, 1.54) is 11.8 Å². The first kappa shape index (κ1) is 21.8. The normalized spacial score (nSPS) is 9.23. The number of halogens is 1. The van der Waals surface area contributed by atoms with Crippen molar-refractivity contribution in [2.75, 3.05) is 13.1 Å². The zero-order valence-corrected chi connectivity index (χ0v) is 16.5. The van der Waals surface area contributed by atoms with Crippen molar-refractivity contribution in [1.82, 2.24) is 10.6 Å². The molecule has 0 saturated carbocycles. The van der Waals surface area contributed by atoms with Gasteiger partial charge < -0.3 is 16.4 Å². The van der Waals surface area contributed by atoms with Crippen molar-refractivity contribution in [3.63, 3.8) is 0 Å². The standard InChI is InChI=1S/C8H9ClN2S.C4H8N2S4/c9-7-3-1-6(2-4-7)5-12-8(10)11;7-3(8)5-1-2-6-4(9)10/h1-4H,5H2,(H3,10,11);1-2H2,(H2,5,7,8)(H2,6,9,10). The van der Waals surface area contributed by atoms with Crippen molar-refractivity contribution in [3.05, 3.63) is 34.9 Å². The molecule has 0 aliphatic rings. The van der Waals surface area contributed by atoms with E-state index < -0.39 is 0 Å². The average Bonchev–Trinajstić information content (AvgIpc) is 2.43. The lowest BCUT2D eigenvalue weighted by Crippen LogP contribution is -2.29. The Balaban J connectivity index is 0.000000409. The maximum Gasteiger partial charge on any atom is 0.151 e. The number of thiol groups is 2. The van der Waals surface area contributed by atoms with Crippen molar-refractivity contribution in [3.8, 4) is 0 Å². The maximum absolute atomic E-state index is 7.00. The van der Waals surface area contributed by atoms with Crippen molar-refractivity contribution in [2.24, 2.45) is 5.73 Å². The Morgan fingerprint density at radius 3 is 1.95 bits per heavy atom. The highest BCUT2D eigenvalue weighted by atomic mass is 35.5. The Bertz CT molecular complexity index is 479. The second kappa shape index (κ2) is 13.3. The van der Waals surface area contributed by atoms with Crippen molar-refractivity contribution in [2.45, 2.75) is 5.75 Å². The van der Waals surface area contributed by atoms with Crippen LogP contribution >= 0.6 is 73.1 Å². The first-order valence-electron chi connectivity index (χ1n) is 5.96. The molecular weight excluding hydrogens is 396 g/mol. The van der Waals surface area contributed by atoms with E-state index >= 15 is 0 Å². The van der Waals surface area contributed by atoms with Gasteiger partial charge in [0, 0.05) is 23.9 Å². The smallest absolute Gasteiger partial charge is 0.151 e. The molecule has 5 N–H and O–H groups in total. The van der Waals surface area contributed by atoms with Crippen LogP contribution in [-0.4, -0.2) is 26.9 Å². The minimum absolute atomic E-state index is 0.143. The minimum atomic E-state index is 0.143. The van der Waals surface area contributed by atoms with Gasteiger partial charge in [0.25, 0.3) is 0 Å². The highest BCUT2D eigenvalue weighted by Crippen LogP contribution is 2.14. The molecule has 0 saturated heterocycles. The van der Waals surface area contributed by atoms with Crippen LogP contribution < -0.4 is 16.4 Å². The number of hydrogen-bond acceptors (Lipinski definition) is 4. The molecule has 0 aromatic heterocycles. The van der Waals surface area contributed by atoms with E-state index in [0.29, 0.717) is 21.7 Å². The number of amidine groups is 1. The molecule has 0 radical (unpaired) electrons. The summed E-state index contributed by atoms with van der Waals surface area (Å²) in [7, 11) is 0. The first-order chi connectivity index (χ1) is 10.3. The first-order valence-corrected chi connectivity index (χ1v) is 9.03. The molecular formula is C12H17ClN4S5. The number of rotatable bonds is 5. The van der Waals surface area contributed by atoms with Gasteiger partial charge in [-0.1, -0.05) is 59.9 Å². The third-order valence-electron chi connectivity index (χ3n) is 1.99. The molecule has 1 rings (SSSR count). The molecule has 22 heavy (non-hydrogen) atoms. The monoisotopic (exact) mass is 412 g/mol. The lowest BCUT2D eigenvalue weighted by atomic mass is 10.2. The van der Waals surface area contributed by atoms with Gasteiger partial charge in [-0.2, -0.15) is 0 Å². The van der Waals surface area contributed by atoms with Crippen molar-refractivity contribution < 1.29 is 0 Å². The van der Waals surface area contributed by atoms with Crippen LogP contribution in [-0.2, 0) is 5.75 Å². The molecule has 1 aromatic carbocycles. The molecule has 10 heteroatoms. The van der Waals surface area contributed by atoms with E-state index in [9.17, 15) is 0 Å². The van der Waals surface area contributed by atoms with Crippen LogP contribution in [0, 0.1) is 5.41 Å². The summed E-state index contributed by atoms with van der Waals surface area (Å²) in [5, 5.41) is 13.6. The van der Waals surface area contributed by atoms with Crippen LogP contribution in [0.3, 0.4) is 0 Å². The second-order valence-electron chi connectivity index (χ2n) is 3.74. The highest BCUT2D eigenvalue weighted by molar-refractivity contribution is 8.13. The predicted octanol–water partition coefficient (Wildman–Crippen LogP) is 3.06. The SMILES string of the molecule is N=C(N)SCc1ccc(Cl)cc1.S=C(S)NCCNC(=S)S. The lowest BCUT2D eigenvalue weighted by Gasteiger charge is -2.03. The van der Waals surface area contributed by atoms with Crippen LogP contribution in [0.1, 0.15) is 5.56 Å². The van der Waals surface area contributed by atoms with E-state index in [-0.39, 0.29) is 5.17 Å². The number of nitrogens with one attached hydrogen (secondary N) is 3. The minimum Gasteiger partial charge on any atom is -0.379 e. The Labute approximate surface area is 161 Å². The molecule has 4 nitrogen and oxygen atoms in total. The Kier molecular flexibility index (Phi) is 13.2. The Morgan fingerprint density at radius 1 is 1.14 bits per heavy atom. The summed E-state index contributed by atoms with van der Waals surface area (Å²) < 4.78 is 0.985. The summed E-state index contributed by atoms with van der Waals surface area (Å²) >= 11 is 24.0. The zero-order chi connectivity index (χ0) is 17.0. The number of benzene rings is 1. The molecule has 0 amide bonds. The van der Waals surface area contributed by atoms with Crippen molar-refractivity contribution >= 4 is 86.9 Å². The predicted molar refractivity (Wildman–Crippen MR) is 114 cm³/mol. The van der Waals surface area contributed by atoms with Gasteiger partial charge in [-0.15, -0.1) is 25.3 Å². The van der Waals surface area contributed by atoms with Gasteiger partial charge in [0.2, 0.25) is 0 Å². The summed E-state index contributed by atoms with van der Waals surface area (Å²) in [5.41, 5.74) is 6.32. The van der Waals surface area contributed by atoms with Crippen LogP contribution in [0.5, 0.6) is 0 Å². The molecule has 0 atom stereocenters. The van der Waals surface area contributed by atoms with Crippen LogP contribution in [0.25, 0.3) is 0 Å². The van der Waals surface area contributed by atoms with Gasteiger partial charge in [-0.05, 0) is 17.7 Å². The van der Waals surface area contributed by atoms with E-state index in [2.05, 4.69) is 60.3 Å². The summed E-state index contributed by atoms with van der Waals surface area (Å²) in [4.78, 5) is 0. The summed E-state index contributed by atoms with van der Waals surface area (Å²) in [6.45, 7) is 1.42. The molecule has 122 valence electrons. The highest BCUT2D eigenvalue weighted by Gasteiger charge is 1.94. The third kappa shape index (κ3) is 14.7. The summed E-state index contributed by atoms with van der Waals surface area (Å²) in [6.07, 6.45) is 0. The fraction of sp³-hybridized carbons (Fsp3) is 0.250. The van der Waals surface area contributed by atoms with Gasteiger partial charge >= 0.3 is 0 Å². The van der Waals surface area contributed by atoms with Crippen LogP contribution in [0.15, 0.2) is 24.3 Å².